The molecule has 1 aliphatic rings. The van der Waals surface area contributed by atoms with Crippen LogP contribution in [-0.4, -0.2) is 22.3 Å². The molecule has 0 aliphatic heterocycles. The van der Waals surface area contributed by atoms with Gasteiger partial charge in [-0.25, -0.2) is 0 Å². The molecule has 0 aromatic heterocycles. The first-order chi connectivity index (χ1) is 10.5. The van der Waals surface area contributed by atoms with Gasteiger partial charge in [0.1, 0.15) is 5.60 Å². The van der Waals surface area contributed by atoms with E-state index < -0.39 is 11.4 Å². The lowest BCUT2D eigenvalue weighted by Gasteiger charge is -2.27. The monoisotopic (exact) mass is 328 g/mol. The third kappa shape index (κ3) is 6.62. The maximum absolute atomic E-state index is 11.8. The number of aliphatic hydroxyl groups is 1. The van der Waals surface area contributed by atoms with Gasteiger partial charge in [0.05, 0.1) is 5.03 Å². The molecule has 1 N–H and O–H groups in total. The summed E-state index contributed by atoms with van der Waals surface area (Å²) < 4.78 is 0. The van der Waals surface area contributed by atoms with Crippen molar-refractivity contribution in [1.82, 2.24) is 0 Å². The lowest BCUT2D eigenvalue weighted by Crippen LogP contribution is -2.42. The fraction of sp³-hybridized carbons (Fsp3) is 0.778. The molecule has 1 atom stereocenters. The van der Waals surface area contributed by atoms with E-state index in [2.05, 4.69) is 6.92 Å². The van der Waals surface area contributed by atoms with Crippen LogP contribution in [0.15, 0.2) is 11.1 Å². The molecule has 0 spiro atoms. The number of hydrogen-bond acceptors (Lipinski definition) is 3. The van der Waals surface area contributed by atoms with Crippen LogP contribution in [0, 0.1) is 0 Å². The van der Waals surface area contributed by atoms with E-state index in [-0.39, 0.29) is 17.2 Å². The molecule has 0 radical (unpaired) electrons. The van der Waals surface area contributed by atoms with Crippen molar-refractivity contribution in [3.63, 3.8) is 0 Å². The van der Waals surface area contributed by atoms with Crippen molar-refractivity contribution in [3.8, 4) is 0 Å². The Morgan fingerprint density at radius 2 is 1.50 bits per heavy atom. The highest BCUT2D eigenvalue weighted by Gasteiger charge is 2.40. The van der Waals surface area contributed by atoms with Gasteiger partial charge in [-0.3, -0.25) is 9.59 Å². The highest BCUT2D eigenvalue weighted by Crippen LogP contribution is 2.29. The van der Waals surface area contributed by atoms with E-state index in [4.69, 9.17) is 11.6 Å². The van der Waals surface area contributed by atoms with Crippen molar-refractivity contribution in [3.05, 3.63) is 11.1 Å². The van der Waals surface area contributed by atoms with Crippen LogP contribution >= 0.6 is 11.6 Å². The molecule has 1 unspecified atom stereocenters. The maximum atomic E-state index is 11.8. The first kappa shape index (κ1) is 19.4. The minimum Gasteiger partial charge on any atom is -0.381 e. The predicted molar refractivity (Wildman–Crippen MR) is 90.0 cm³/mol. The molecule has 1 rings (SSSR count). The average Bonchev–Trinajstić information content (AvgIpc) is 2.47. The molecule has 1 aliphatic carbocycles. The first-order valence-corrected chi connectivity index (χ1v) is 9.04. The van der Waals surface area contributed by atoms with Crippen LogP contribution in [0.5, 0.6) is 0 Å². The van der Waals surface area contributed by atoms with E-state index in [1.807, 2.05) is 0 Å². The second-order valence-electron chi connectivity index (χ2n) is 6.42. The Balaban J connectivity index is 2.09. The molecular formula is C18H29ClO3. The standard InChI is InChI=1S/C18H29ClO3/c1-2-3-4-5-6-7-8-9-10-11-12-18(22)14-16(20)15(19)13-17(18)21/h13,22H,2-12,14H2,1H3. The Morgan fingerprint density at radius 1 is 1.00 bits per heavy atom. The highest BCUT2D eigenvalue weighted by atomic mass is 35.5. The van der Waals surface area contributed by atoms with Crippen molar-refractivity contribution in [1.29, 1.82) is 0 Å². The molecular weight excluding hydrogens is 300 g/mol. The summed E-state index contributed by atoms with van der Waals surface area (Å²) in [7, 11) is 0. The molecule has 4 heteroatoms. The normalized spacial score (nSPS) is 22.0. The number of carbonyl (C=O) groups excluding carboxylic acids is 2. The van der Waals surface area contributed by atoms with Crippen molar-refractivity contribution < 1.29 is 14.7 Å². The second kappa shape index (κ2) is 10.2. The summed E-state index contributed by atoms with van der Waals surface area (Å²) in [6.45, 7) is 2.22. The van der Waals surface area contributed by atoms with Crippen LogP contribution in [0.4, 0.5) is 0 Å². The van der Waals surface area contributed by atoms with Crippen molar-refractivity contribution >= 4 is 23.2 Å². The number of allylic oxidation sites excluding steroid dienone is 1. The lowest BCUT2D eigenvalue weighted by molar-refractivity contribution is -0.140. The highest BCUT2D eigenvalue weighted by molar-refractivity contribution is 6.45. The number of rotatable bonds is 11. The number of carbonyl (C=O) groups is 2. The quantitative estimate of drug-likeness (QED) is 0.560. The summed E-state index contributed by atoms with van der Waals surface area (Å²) in [6.07, 6.45) is 13.2. The Bertz CT molecular complexity index is 403. The molecule has 0 heterocycles. The number of unbranched alkanes of at least 4 members (excludes halogenated alkanes) is 9. The van der Waals surface area contributed by atoms with Gasteiger partial charge in [0.2, 0.25) is 0 Å². The summed E-state index contributed by atoms with van der Waals surface area (Å²) in [6, 6.07) is 0. The minimum absolute atomic E-state index is 0.0576. The molecule has 0 aromatic carbocycles. The van der Waals surface area contributed by atoms with E-state index in [1.54, 1.807) is 0 Å². The molecule has 0 bridgehead atoms. The number of halogens is 1. The van der Waals surface area contributed by atoms with Gasteiger partial charge in [0.25, 0.3) is 0 Å². The van der Waals surface area contributed by atoms with Gasteiger partial charge in [-0.1, -0.05) is 82.7 Å². The zero-order valence-corrected chi connectivity index (χ0v) is 14.5. The fourth-order valence-electron chi connectivity index (χ4n) is 2.88. The molecule has 0 saturated heterocycles. The van der Waals surface area contributed by atoms with Gasteiger partial charge in [-0.2, -0.15) is 0 Å². The number of Topliss-reactive ketones (excluding diaryl/α,β-unsaturated/α-hetero) is 1. The van der Waals surface area contributed by atoms with E-state index in [0.29, 0.717) is 6.42 Å². The predicted octanol–water partition coefficient (Wildman–Crippen LogP) is 4.69. The first-order valence-electron chi connectivity index (χ1n) is 8.67. The van der Waals surface area contributed by atoms with Crippen LogP contribution in [0.2, 0.25) is 0 Å². The van der Waals surface area contributed by atoms with E-state index in [0.717, 1.165) is 25.3 Å². The fourth-order valence-corrected chi connectivity index (χ4v) is 3.05. The molecule has 0 fully saturated rings. The van der Waals surface area contributed by atoms with Gasteiger partial charge in [-0.15, -0.1) is 0 Å². The summed E-state index contributed by atoms with van der Waals surface area (Å²) in [5.74, 6) is -0.760. The third-order valence-electron chi connectivity index (χ3n) is 4.38. The maximum Gasteiger partial charge on any atom is 0.189 e. The van der Waals surface area contributed by atoms with E-state index in [9.17, 15) is 14.7 Å². The van der Waals surface area contributed by atoms with E-state index >= 15 is 0 Å². The van der Waals surface area contributed by atoms with Crippen LogP contribution in [-0.2, 0) is 9.59 Å². The van der Waals surface area contributed by atoms with Gasteiger partial charge < -0.3 is 5.11 Å². The minimum atomic E-state index is -1.52. The zero-order chi connectivity index (χ0) is 16.4. The van der Waals surface area contributed by atoms with Gasteiger partial charge in [0.15, 0.2) is 11.6 Å². The molecule has 0 amide bonds. The second-order valence-corrected chi connectivity index (χ2v) is 6.83. The third-order valence-corrected chi connectivity index (χ3v) is 4.70. The van der Waals surface area contributed by atoms with Crippen LogP contribution in [0.1, 0.15) is 84.0 Å². The summed E-state index contributed by atoms with van der Waals surface area (Å²) >= 11 is 5.63. The number of hydrogen-bond donors (Lipinski definition) is 1. The van der Waals surface area contributed by atoms with Crippen LogP contribution in [0.3, 0.4) is 0 Å². The van der Waals surface area contributed by atoms with Crippen LogP contribution in [0.25, 0.3) is 0 Å². The largest absolute Gasteiger partial charge is 0.381 e. The van der Waals surface area contributed by atoms with Crippen LogP contribution < -0.4 is 0 Å². The Morgan fingerprint density at radius 3 is 2.05 bits per heavy atom. The summed E-state index contributed by atoms with van der Waals surface area (Å²) in [5.41, 5.74) is -1.52. The SMILES string of the molecule is CCCCCCCCCCCCC1(O)CC(=O)C(Cl)=CC1=O. The molecule has 126 valence electrons. The van der Waals surface area contributed by atoms with Crippen molar-refractivity contribution in [2.24, 2.45) is 0 Å². The van der Waals surface area contributed by atoms with Gasteiger partial charge >= 0.3 is 0 Å². The molecule has 3 nitrogen and oxygen atoms in total. The van der Waals surface area contributed by atoms with Gasteiger partial charge in [0, 0.05) is 12.5 Å². The molecule has 0 aromatic rings. The summed E-state index contributed by atoms with van der Waals surface area (Å²) in [4.78, 5) is 23.3. The summed E-state index contributed by atoms with van der Waals surface area (Å²) in [5, 5.41) is 10.2. The van der Waals surface area contributed by atoms with E-state index in [1.165, 1.54) is 44.9 Å². The number of ketones is 2. The van der Waals surface area contributed by atoms with Crippen molar-refractivity contribution in [2.75, 3.05) is 0 Å². The lowest BCUT2D eigenvalue weighted by atomic mass is 9.83. The molecule has 22 heavy (non-hydrogen) atoms. The van der Waals surface area contributed by atoms with Crippen molar-refractivity contribution in [2.45, 2.75) is 89.6 Å². The smallest absolute Gasteiger partial charge is 0.189 e. The topological polar surface area (TPSA) is 54.4 Å². The average molecular weight is 329 g/mol. The molecule has 0 saturated carbocycles. The zero-order valence-electron chi connectivity index (χ0n) is 13.7. The van der Waals surface area contributed by atoms with Gasteiger partial charge in [-0.05, 0) is 6.42 Å². The Labute approximate surface area is 139 Å². The Kier molecular flexibility index (Phi) is 8.96. The Hall–Kier alpha value is -0.670.